The van der Waals surface area contributed by atoms with Gasteiger partial charge in [-0.25, -0.2) is 18.6 Å². The molecule has 4 aromatic rings. The third-order valence-electron chi connectivity index (χ3n) is 5.45. The average molecular weight is 387 g/mol. The summed E-state index contributed by atoms with van der Waals surface area (Å²) in [6.45, 7) is 0. The summed E-state index contributed by atoms with van der Waals surface area (Å²) in [5.74, 6) is -1.87. The van der Waals surface area contributed by atoms with Crippen LogP contribution in [0.3, 0.4) is 0 Å². The molecule has 1 heterocycles. The first kappa shape index (κ1) is 17.5. The number of benzene rings is 3. The minimum Gasteiger partial charge on any atom is -0.478 e. The van der Waals surface area contributed by atoms with E-state index in [1.165, 1.54) is 24.3 Å². The van der Waals surface area contributed by atoms with Gasteiger partial charge < -0.3 is 5.11 Å². The van der Waals surface area contributed by atoms with Gasteiger partial charge in [-0.2, -0.15) is 0 Å². The number of nitrogens with zero attached hydrogens (tertiary/aromatic N) is 1. The van der Waals surface area contributed by atoms with E-state index in [0.29, 0.717) is 40.6 Å². The van der Waals surface area contributed by atoms with Crippen LogP contribution >= 0.6 is 0 Å². The molecule has 0 radical (unpaired) electrons. The lowest BCUT2D eigenvalue weighted by Gasteiger charge is -2.22. The first-order valence-corrected chi connectivity index (χ1v) is 9.26. The fraction of sp³-hybridized carbons (Fsp3) is 0.0833. The molecule has 1 aliphatic carbocycles. The first-order valence-electron chi connectivity index (χ1n) is 9.26. The van der Waals surface area contributed by atoms with Crippen molar-refractivity contribution in [2.45, 2.75) is 12.8 Å². The summed E-state index contributed by atoms with van der Waals surface area (Å²) in [6.07, 6.45) is 1.08. The molecule has 142 valence electrons. The third kappa shape index (κ3) is 2.78. The van der Waals surface area contributed by atoms with Crippen LogP contribution in [-0.2, 0) is 12.8 Å². The highest BCUT2D eigenvalue weighted by Crippen LogP contribution is 2.39. The summed E-state index contributed by atoms with van der Waals surface area (Å²) < 4.78 is 27.9. The van der Waals surface area contributed by atoms with Crippen molar-refractivity contribution in [2.75, 3.05) is 0 Å². The molecule has 1 aliphatic rings. The monoisotopic (exact) mass is 387 g/mol. The zero-order valence-electron chi connectivity index (χ0n) is 15.2. The van der Waals surface area contributed by atoms with Gasteiger partial charge in [0.15, 0.2) is 0 Å². The molecule has 0 amide bonds. The molecule has 3 aromatic carbocycles. The molecule has 0 saturated heterocycles. The van der Waals surface area contributed by atoms with Crippen molar-refractivity contribution in [2.24, 2.45) is 0 Å². The molecule has 29 heavy (non-hydrogen) atoms. The van der Waals surface area contributed by atoms with E-state index in [1.807, 2.05) is 18.2 Å². The summed E-state index contributed by atoms with van der Waals surface area (Å²) in [6, 6.07) is 16.2. The maximum atomic E-state index is 14.2. The van der Waals surface area contributed by atoms with Gasteiger partial charge in [-0.3, -0.25) is 0 Å². The number of fused-ring (bicyclic) bond motifs is 4. The molecule has 0 atom stereocenters. The second kappa shape index (κ2) is 6.48. The Morgan fingerprint density at radius 2 is 1.76 bits per heavy atom. The van der Waals surface area contributed by atoms with E-state index in [0.717, 1.165) is 16.7 Å². The van der Waals surface area contributed by atoms with E-state index in [1.54, 1.807) is 18.2 Å². The number of aromatic nitrogens is 1. The largest absolute Gasteiger partial charge is 0.478 e. The van der Waals surface area contributed by atoms with Gasteiger partial charge in [0.2, 0.25) is 0 Å². The number of pyridine rings is 1. The highest BCUT2D eigenvalue weighted by molar-refractivity contribution is 6.06. The van der Waals surface area contributed by atoms with Crippen LogP contribution in [0.1, 0.15) is 21.5 Å². The minimum absolute atomic E-state index is 0.105. The topological polar surface area (TPSA) is 50.2 Å². The predicted octanol–water partition coefficient (Wildman–Crippen LogP) is 5.64. The fourth-order valence-corrected chi connectivity index (χ4v) is 4.14. The standard InChI is InChI=1S/C24H15F2NO2/c25-15-7-10-21-19(12-15)22(24(28)29)18-9-6-14-11-13(5-8-17(14)23(18)27-21)16-3-1-2-4-20(16)26/h1-5,7-8,10-12H,6,9H2,(H,28,29). The van der Waals surface area contributed by atoms with Gasteiger partial charge in [0.05, 0.1) is 16.8 Å². The van der Waals surface area contributed by atoms with Gasteiger partial charge in [0, 0.05) is 16.5 Å². The maximum absolute atomic E-state index is 14.2. The SMILES string of the molecule is O=C(O)c1c2c(nc3ccc(F)cc13)-c1ccc(-c3ccccc3F)cc1CC2. The number of carboxylic acids is 1. The van der Waals surface area contributed by atoms with Gasteiger partial charge in [-0.15, -0.1) is 0 Å². The molecule has 0 bridgehead atoms. The first-order chi connectivity index (χ1) is 14.0. The number of aryl methyl sites for hydroxylation is 1. The molecule has 5 heteroatoms. The van der Waals surface area contributed by atoms with Crippen molar-refractivity contribution in [3.63, 3.8) is 0 Å². The summed E-state index contributed by atoms with van der Waals surface area (Å²) in [5, 5.41) is 10.1. The quantitative estimate of drug-likeness (QED) is 0.484. The molecule has 3 nitrogen and oxygen atoms in total. The number of carboxylic acid groups (broad SMARTS) is 1. The number of rotatable bonds is 2. The van der Waals surface area contributed by atoms with Crippen LogP contribution in [0.15, 0.2) is 60.7 Å². The lowest BCUT2D eigenvalue weighted by atomic mass is 9.84. The lowest BCUT2D eigenvalue weighted by molar-refractivity contribution is 0.0698. The van der Waals surface area contributed by atoms with Crippen molar-refractivity contribution in [1.29, 1.82) is 0 Å². The van der Waals surface area contributed by atoms with Gasteiger partial charge in [0.1, 0.15) is 11.6 Å². The number of halogens is 2. The van der Waals surface area contributed by atoms with Gasteiger partial charge in [0.25, 0.3) is 0 Å². The van der Waals surface area contributed by atoms with Crippen molar-refractivity contribution >= 4 is 16.9 Å². The Hall–Kier alpha value is -3.60. The Bertz CT molecular complexity index is 1310. The predicted molar refractivity (Wildman–Crippen MR) is 107 cm³/mol. The van der Waals surface area contributed by atoms with E-state index >= 15 is 0 Å². The molecule has 5 rings (SSSR count). The smallest absolute Gasteiger partial charge is 0.336 e. The Kier molecular flexibility index (Phi) is 3.91. The summed E-state index contributed by atoms with van der Waals surface area (Å²) in [7, 11) is 0. The average Bonchev–Trinajstić information content (AvgIpc) is 2.71. The van der Waals surface area contributed by atoms with Crippen molar-refractivity contribution in [3.05, 3.63) is 89.0 Å². The lowest BCUT2D eigenvalue weighted by Crippen LogP contribution is -2.13. The van der Waals surface area contributed by atoms with Gasteiger partial charge >= 0.3 is 5.97 Å². The van der Waals surface area contributed by atoms with E-state index in [-0.39, 0.29) is 11.4 Å². The van der Waals surface area contributed by atoms with Crippen molar-refractivity contribution in [3.8, 4) is 22.4 Å². The molecule has 1 aromatic heterocycles. The zero-order valence-corrected chi connectivity index (χ0v) is 15.2. The van der Waals surface area contributed by atoms with Crippen LogP contribution in [-0.4, -0.2) is 16.1 Å². The number of hydrogen-bond donors (Lipinski definition) is 1. The highest BCUT2D eigenvalue weighted by Gasteiger charge is 2.26. The molecule has 0 unspecified atom stereocenters. The Morgan fingerprint density at radius 1 is 0.931 bits per heavy atom. The van der Waals surface area contributed by atoms with E-state index < -0.39 is 11.8 Å². The van der Waals surface area contributed by atoms with Gasteiger partial charge in [-0.1, -0.05) is 36.4 Å². The van der Waals surface area contributed by atoms with Crippen molar-refractivity contribution in [1.82, 2.24) is 4.98 Å². The van der Waals surface area contributed by atoms with Gasteiger partial charge in [-0.05, 0) is 53.8 Å². The molecular formula is C24H15F2NO2. The highest BCUT2D eigenvalue weighted by atomic mass is 19.1. The fourth-order valence-electron chi connectivity index (χ4n) is 4.14. The van der Waals surface area contributed by atoms with E-state index in [4.69, 9.17) is 0 Å². The second-order valence-corrected chi connectivity index (χ2v) is 7.13. The number of carbonyl (C=O) groups is 1. The Labute approximate surface area is 165 Å². The normalized spacial score (nSPS) is 12.5. The molecule has 0 fully saturated rings. The maximum Gasteiger partial charge on any atom is 0.336 e. The van der Waals surface area contributed by atoms with E-state index in [2.05, 4.69) is 4.98 Å². The Balaban J connectivity index is 1.74. The van der Waals surface area contributed by atoms with E-state index in [9.17, 15) is 18.7 Å². The second-order valence-electron chi connectivity index (χ2n) is 7.13. The summed E-state index contributed by atoms with van der Waals surface area (Å²) in [4.78, 5) is 16.7. The summed E-state index contributed by atoms with van der Waals surface area (Å²) >= 11 is 0. The number of hydrogen-bond acceptors (Lipinski definition) is 2. The zero-order chi connectivity index (χ0) is 20.1. The molecule has 1 N–H and O–H groups in total. The molecule has 0 aliphatic heterocycles. The van der Waals surface area contributed by atoms with Crippen LogP contribution in [0.2, 0.25) is 0 Å². The van der Waals surface area contributed by atoms with Crippen LogP contribution in [0.25, 0.3) is 33.3 Å². The minimum atomic E-state index is -1.09. The summed E-state index contributed by atoms with van der Waals surface area (Å²) in [5.41, 5.74) is 4.87. The third-order valence-corrected chi connectivity index (χ3v) is 5.45. The van der Waals surface area contributed by atoms with Crippen molar-refractivity contribution < 1.29 is 18.7 Å². The van der Waals surface area contributed by atoms with Crippen LogP contribution < -0.4 is 0 Å². The molecule has 0 saturated carbocycles. The number of aromatic carboxylic acids is 1. The molecular weight excluding hydrogens is 372 g/mol. The molecule has 0 spiro atoms. The van der Waals surface area contributed by atoms with Crippen LogP contribution in [0, 0.1) is 11.6 Å². The van der Waals surface area contributed by atoms with Crippen LogP contribution in [0.5, 0.6) is 0 Å². The van der Waals surface area contributed by atoms with Crippen LogP contribution in [0.4, 0.5) is 8.78 Å². The Morgan fingerprint density at radius 3 is 2.55 bits per heavy atom.